The van der Waals surface area contributed by atoms with E-state index >= 15 is 0 Å². The van der Waals surface area contributed by atoms with Crippen molar-refractivity contribution in [3.05, 3.63) is 64.2 Å². The molecule has 0 saturated heterocycles. The molecule has 6 heteroatoms. The van der Waals surface area contributed by atoms with Crippen LogP contribution in [0, 0.1) is 10.1 Å². The molecular formula is C17H16N2O4. The van der Waals surface area contributed by atoms with Crippen molar-refractivity contribution >= 4 is 17.3 Å². The van der Waals surface area contributed by atoms with Crippen LogP contribution in [0.15, 0.2) is 48.5 Å². The lowest BCUT2D eigenvalue weighted by Gasteiger charge is -2.22. The van der Waals surface area contributed by atoms with E-state index in [9.17, 15) is 14.9 Å². The number of non-ortho nitro benzene ring substituents is 1. The Balaban J connectivity index is 1.79. The summed E-state index contributed by atoms with van der Waals surface area (Å²) < 4.78 is 5.66. The highest BCUT2D eigenvalue weighted by Crippen LogP contribution is 2.32. The fourth-order valence-corrected chi connectivity index (χ4v) is 2.68. The molecule has 0 aliphatic carbocycles. The maximum atomic E-state index is 12.6. The lowest BCUT2D eigenvalue weighted by Crippen LogP contribution is -2.39. The summed E-state index contributed by atoms with van der Waals surface area (Å²) in [7, 11) is 0. The zero-order valence-corrected chi connectivity index (χ0v) is 12.6. The quantitative estimate of drug-likeness (QED) is 0.642. The lowest BCUT2D eigenvalue weighted by atomic mass is 10.1. The highest BCUT2D eigenvalue weighted by Gasteiger charge is 2.30. The van der Waals surface area contributed by atoms with Gasteiger partial charge in [0.05, 0.1) is 10.6 Å². The molecule has 0 fully saturated rings. The van der Waals surface area contributed by atoms with E-state index in [1.165, 1.54) is 12.1 Å². The third-order valence-electron chi connectivity index (χ3n) is 3.85. The average Bonchev–Trinajstić information content (AvgIpc) is 2.98. The number of nitro benzene ring substituents is 1. The Hall–Kier alpha value is -2.89. The number of para-hydroxylation sites is 1. The largest absolute Gasteiger partial charge is 0.481 e. The molecule has 23 heavy (non-hydrogen) atoms. The molecule has 0 bridgehead atoms. The predicted molar refractivity (Wildman–Crippen MR) is 85.7 cm³/mol. The predicted octanol–water partition coefficient (Wildman–Crippen LogP) is 2.95. The number of hydrogen-bond donors (Lipinski definition) is 0. The summed E-state index contributed by atoms with van der Waals surface area (Å²) >= 11 is 0. The molecular weight excluding hydrogens is 296 g/mol. The number of anilines is 1. The number of ether oxygens (including phenoxy) is 1. The van der Waals surface area contributed by atoms with Crippen LogP contribution in [0.4, 0.5) is 11.4 Å². The van der Waals surface area contributed by atoms with Crippen molar-refractivity contribution in [3.63, 3.8) is 0 Å². The Morgan fingerprint density at radius 1 is 1.26 bits per heavy atom. The SMILES string of the molecule is CC(Oc1ccccc1)C(=O)N1CCc2ccc([N+](=O)[O-])cc21. The first kappa shape index (κ1) is 15.0. The van der Waals surface area contributed by atoms with E-state index in [-0.39, 0.29) is 11.6 Å². The van der Waals surface area contributed by atoms with E-state index < -0.39 is 11.0 Å². The topological polar surface area (TPSA) is 72.7 Å². The highest BCUT2D eigenvalue weighted by molar-refractivity contribution is 5.98. The van der Waals surface area contributed by atoms with Gasteiger partial charge in [0.25, 0.3) is 11.6 Å². The molecule has 3 rings (SSSR count). The maximum Gasteiger partial charge on any atom is 0.271 e. The second kappa shape index (κ2) is 6.08. The van der Waals surface area contributed by atoms with Crippen LogP contribution in [-0.4, -0.2) is 23.5 Å². The van der Waals surface area contributed by atoms with E-state index in [4.69, 9.17) is 4.74 Å². The van der Waals surface area contributed by atoms with Crippen LogP contribution >= 0.6 is 0 Å². The molecule has 0 N–H and O–H groups in total. The smallest absolute Gasteiger partial charge is 0.271 e. The van der Waals surface area contributed by atoms with E-state index in [1.54, 1.807) is 30.0 Å². The van der Waals surface area contributed by atoms with E-state index in [0.717, 1.165) is 5.56 Å². The maximum absolute atomic E-state index is 12.6. The zero-order valence-electron chi connectivity index (χ0n) is 12.6. The summed E-state index contributed by atoms with van der Waals surface area (Å²) in [6, 6.07) is 13.7. The lowest BCUT2D eigenvalue weighted by molar-refractivity contribution is -0.384. The van der Waals surface area contributed by atoms with E-state index in [2.05, 4.69) is 0 Å². The Morgan fingerprint density at radius 2 is 2.00 bits per heavy atom. The first-order valence-electron chi connectivity index (χ1n) is 7.36. The number of carbonyl (C=O) groups is 1. The Morgan fingerprint density at radius 3 is 2.70 bits per heavy atom. The van der Waals surface area contributed by atoms with Gasteiger partial charge < -0.3 is 9.64 Å². The molecule has 6 nitrogen and oxygen atoms in total. The summed E-state index contributed by atoms with van der Waals surface area (Å²) in [5.41, 5.74) is 1.53. The van der Waals surface area contributed by atoms with Gasteiger partial charge in [0.1, 0.15) is 5.75 Å². The Labute approximate surface area is 133 Å². The van der Waals surface area contributed by atoms with Crippen LogP contribution in [0.2, 0.25) is 0 Å². The summed E-state index contributed by atoms with van der Waals surface area (Å²) in [6.07, 6.45) is 0.0273. The molecule has 0 radical (unpaired) electrons. The average molecular weight is 312 g/mol. The van der Waals surface area contributed by atoms with Crippen molar-refractivity contribution in [3.8, 4) is 5.75 Å². The van der Waals surface area contributed by atoms with Crippen molar-refractivity contribution < 1.29 is 14.5 Å². The summed E-state index contributed by atoms with van der Waals surface area (Å²) in [6.45, 7) is 2.20. The van der Waals surface area contributed by atoms with Crippen LogP contribution in [0.25, 0.3) is 0 Å². The molecule has 1 unspecified atom stereocenters. The van der Waals surface area contributed by atoms with Gasteiger partial charge in [-0.25, -0.2) is 0 Å². The molecule has 2 aromatic carbocycles. The van der Waals surface area contributed by atoms with Crippen molar-refractivity contribution in [1.82, 2.24) is 0 Å². The number of nitrogens with zero attached hydrogens (tertiary/aromatic N) is 2. The highest BCUT2D eigenvalue weighted by atomic mass is 16.6. The molecule has 1 aliphatic heterocycles. The van der Waals surface area contributed by atoms with Gasteiger partial charge in [-0.15, -0.1) is 0 Å². The van der Waals surface area contributed by atoms with Gasteiger partial charge in [-0.1, -0.05) is 24.3 Å². The van der Waals surface area contributed by atoms with Gasteiger partial charge in [0, 0.05) is 18.7 Å². The fraction of sp³-hybridized carbons (Fsp3) is 0.235. The minimum absolute atomic E-state index is 0.0138. The van der Waals surface area contributed by atoms with Crippen LogP contribution in [0.5, 0.6) is 5.75 Å². The molecule has 118 valence electrons. The second-order valence-electron chi connectivity index (χ2n) is 5.38. The van der Waals surface area contributed by atoms with E-state index in [0.29, 0.717) is 24.4 Å². The zero-order chi connectivity index (χ0) is 16.4. The van der Waals surface area contributed by atoms with Crippen LogP contribution in [0.3, 0.4) is 0 Å². The summed E-state index contributed by atoms with van der Waals surface area (Å²) in [5, 5.41) is 10.9. The molecule has 0 spiro atoms. The van der Waals surface area contributed by atoms with Crippen molar-refractivity contribution in [2.45, 2.75) is 19.4 Å². The molecule has 0 aromatic heterocycles. The van der Waals surface area contributed by atoms with Gasteiger partial charge in [0.15, 0.2) is 6.10 Å². The number of benzene rings is 2. The molecule has 1 aliphatic rings. The van der Waals surface area contributed by atoms with Gasteiger partial charge in [-0.05, 0) is 31.0 Å². The Bertz CT molecular complexity index is 746. The van der Waals surface area contributed by atoms with Crippen LogP contribution < -0.4 is 9.64 Å². The third kappa shape index (κ3) is 3.01. The fourth-order valence-electron chi connectivity index (χ4n) is 2.68. The number of fused-ring (bicyclic) bond motifs is 1. The van der Waals surface area contributed by atoms with Gasteiger partial charge in [-0.3, -0.25) is 14.9 Å². The standard InChI is InChI=1S/C17H16N2O4/c1-12(23-15-5-3-2-4-6-15)17(20)18-10-9-13-7-8-14(19(21)22)11-16(13)18/h2-8,11-12H,9-10H2,1H3. The molecule has 2 aromatic rings. The van der Waals surface area contributed by atoms with Gasteiger partial charge >= 0.3 is 0 Å². The number of carbonyl (C=O) groups excluding carboxylic acids is 1. The van der Waals surface area contributed by atoms with Crippen molar-refractivity contribution in [2.24, 2.45) is 0 Å². The number of amides is 1. The number of hydrogen-bond acceptors (Lipinski definition) is 4. The minimum atomic E-state index is -0.664. The number of nitro groups is 1. The summed E-state index contributed by atoms with van der Waals surface area (Å²) in [5.74, 6) is 0.417. The van der Waals surface area contributed by atoms with Crippen molar-refractivity contribution in [1.29, 1.82) is 0 Å². The van der Waals surface area contributed by atoms with Gasteiger partial charge in [-0.2, -0.15) is 0 Å². The molecule has 1 amide bonds. The normalized spacial score (nSPS) is 14.2. The van der Waals surface area contributed by atoms with Gasteiger partial charge in [0.2, 0.25) is 0 Å². The van der Waals surface area contributed by atoms with Crippen LogP contribution in [0.1, 0.15) is 12.5 Å². The third-order valence-corrected chi connectivity index (χ3v) is 3.85. The Kier molecular flexibility index (Phi) is 3.97. The molecule has 0 saturated carbocycles. The second-order valence-corrected chi connectivity index (χ2v) is 5.38. The monoisotopic (exact) mass is 312 g/mol. The molecule has 1 heterocycles. The summed E-state index contributed by atoms with van der Waals surface area (Å²) in [4.78, 5) is 24.7. The first-order chi connectivity index (χ1) is 11.1. The first-order valence-corrected chi connectivity index (χ1v) is 7.36. The van der Waals surface area contributed by atoms with Crippen molar-refractivity contribution in [2.75, 3.05) is 11.4 Å². The van der Waals surface area contributed by atoms with E-state index in [1.807, 2.05) is 18.2 Å². The van der Waals surface area contributed by atoms with Crippen LogP contribution in [-0.2, 0) is 11.2 Å². The molecule has 1 atom stereocenters. The minimum Gasteiger partial charge on any atom is -0.481 e. The number of rotatable bonds is 4.